The smallest absolute Gasteiger partial charge is 0.209 e. The van der Waals surface area contributed by atoms with E-state index in [1.807, 2.05) is 37.3 Å². The predicted molar refractivity (Wildman–Crippen MR) is 66.5 cm³/mol. The fourth-order valence-electron chi connectivity index (χ4n) is 1.51. The lowest BCUT2D eigenvalue weighted by Crippen LogP contribution is -2.31. The summed E-state index contributed by atoms with van der Waals surface area (Å²) in [5, 5.41) is 0. The molecule has 1 aromatic rings. The van der Waals surface area contributed by atoms with E-state index < -0.39 is 10.0 Å². The molecule has 0 saturated heterocycles. The van der Waals surface area contributed by atoms with Crippen molar-refractivity contribution in [1.82, 2.24) is 4.72 Å². The van der Waals surface area contributed by atoms with Gasteiger partial charge in [0, 0.05) is 0 Å². The summed E-state index contributed by atoms with van der Waals surface area (Å²) in [4.78, 5) is 0. The van der Waals surface area contributed by atoms with Crippen molar-refractivity contribution in [3.05, 3.63) is 48.6 Å². The molecule has 0 aliphatic rings. The minimum atomic E-state index is -3.22. The van der Waals surface area contributed by atoms with Crippen LogP contribution in [-0.2, 0) is 10.0 Å². The zero-order valence-electron chi connectivity index (χ0n) is 9.55. The van der Waals surface area contributed by atoms with Crippen molar-refractivity contribution in [1.29, 1.82) is 0 Å². The third kappa shape index (κ3) is 3.79. The van der Waals surface area contributed by atoms with E-state index in [1.54, 1.807) is 6.08 Å². The molecule has 0 aliphatic carbocycles. The Labute approximate surface area is 97.2 Å². The largest absolute Gasteiger partial charge is 0.213 e. The first-order valence-corrected chi connectivity index (χ1v) is 6.98. The van der Waals surface area contributed by atoms with Crippen LogP contribution in [0, 0.1) is 5.92 Å². The molecule has 1 rings (SSSR count). The summed E-state index contributed by atoms with van der Waals surface area (Å²) in [5.74, 6) is 0.0390. The summed E-state index contributed by atoms with van der Waals surface area (Å²) in [7, 11) is -3.22. The maximum Gasteiger partial charge on any atom is 0.209 e. The van der Waals surface area contributed by atoms with Crippen LogP contribution < -0.4 is 4.72 Å². The molecular weight excluding hydrogens is 222 g/mol. The SMILES string of the molecule is C=C[C@@H](C)[C@H](NS(C)(=O)=O)c1ccccc1. The Hall–Kier alpha value is -1.13. The monoisotopic (exact) mass is 239 g/mol. The molecule has 1 N–H and O–H groups in total. The molecule has 1 aromatic carbocycles. The average molecular weight is 239 g/mol. The van der Waals surface area contributed by atoms with E-state index in [9.17, 15) is 8.42 Å². The predicted octanol–water partition coefficient (Wildman–Crippen LogP) is 2.10. The molecule has 0 aliphatic heterocycles. The molecule has 88 valence electrons. The second-order valence-electron chi connectivity index (χ2n) is 3.87. The van der Waals surface area contributed by atoms with Gasteiger partial charge < -0.3 is 0 Å². The molecule has 0 amide bonds. The molecule has 0 spiro atoms. The first-order chi connectivity index (χ1) is 7.44. The molecule has 0 heterocycles. The molecule has 0 fully saturated rings. The summed E-state index contributed by atoms with van der Waals surface area (Å²) in [6.45, 7) is 5.64. The molecule has 0 radical (unpaired) electrons. The van der Waals surface area contributed by atoms with Gasteiger partial charge in [-0.1, -0.05) is 43.3 Å². The van der Waals surface area contributed by atoms with Crippen molar-refractivity contribution in [2.45, 2.75) is 13.0 Å². The summed E-state index contributed by atoms with van der Waals surface area (Å²) < 4.78 is 25.2. The molecular formula is C12H17NO2S. The number of rotatable bonds is 5. The van der Waals surface area contributed by atoms with E-state index in [2.05, 4.69) is 11.3 Å². The van der Waals surface area contributed by atoms with E-state index in [-0.39, 0.29) is 12.0 Å². The summed E-state index contributed by atoms with van der Waals surface area (Å²) >= 11 is 0. The van der Waals surface area contributed by atoms with Gasteiger partial charge in [-0.25, -0.2) is 13.1 Å². The molecule has 16 heavy (non-hydrogen) atoms. The fourth-order valence-corrected chi connectivity index (χ4v) is 2.32. The minimum Gasteiger partial charge on any atom is -0.213 e. The Morgan fingerprint density at radius 2 is 1.88 bits per heavy atom. The normalized spacial score (nSPS) is 15.4. The van der Waals surface area contributed by atoms with Crippen LogP contribution in [0.3, 0.4) is 0 Å². The zero-order valence-corrected chi connectivity index (χ0v) is 10.4. The van der Waals surface area contributed by atoms with Gasteiger partial charge in [-0.3, -0.25) is 0 Å². The lowest BCUT2D eigenvalue weighted by atomic mass is 9.96. The molecule has 3 nitrogen and oxygen atoms in total. The van der Waals surface area contributed by atoms with E-state index in [0.29, 0.717) is 0 Å². The molecule has 2 atom stereocenters. The van der Waals surface area contributed by atoms with Crippen LogP contribution in [0.2, 0.25) is 0 Å². The van der Waals surface area contributed by atoms with Gasteiger partial charge in [0.1, 0.15) is 0 Å². The standard InChI is InChI=1S/C12H17NO2S/c1-4-10(2)12(13-16(3,14)15)11-8-6-5-7-9-11/h4-10,12-13H,1H2,2-3H3/t10-,12+/m1/s1. The second-order valence-corrected chi connectivity index (χ2v) is 5.65. The van der Waals surface area contributed by atoms with Crippen LogP contribution in [0.1, 0.15) is 18.5 Å². The highest BCUT2D eigenvalue weighted by molar-refractivity contribution is 7.88. The summed E-state index contributed by atoms with van der Waals surface area (Å²) in [5.41, 5.74) is 0.945. The number of benzene rings is 1. The number of nitrogens with one attached hydrogen (secondary N) is 1. The van der Waals surface area contributed by atoms with Crippen molar-refractivity contribution in [3.8, 4) is 0 Å². The molecule has 0 unspecified atom stereocenters. The van der Waals surface area contributed by atoms with Crippen molar-refractivity contribution in [2.24, 2.45) is 5.92 Å². The van der Waals surface area contributed by atoms with Gasteiger partial charge in [-0.15, -0.1) is 6.58 Å². The topological polar surface area (TPSA) is 46.2 Å². The third-order valence-electron chi connectivity index (χ3n) is 2.40. The van der Waals surface area contributed by atoms with Crippen LogP contribution >= 0.6 is 0 Å². The summed E-state index contributed by atoms with van der Waals surface area (Å²) in [6.07, 6.45) is 2.91. The van der Waals surface area contributed by atoms with Gasteiger partial charge in [-0.05, 0) is 11.5 Å². The van der Waals surface area contributed by atoms with Gasteiger partial charge in [0.05, 0.1) is 12.3 Å². The minimum absolute atomic E-state index is 0.0390. The third-order valence-corrected chi connectivity index (χ3v) is 3.08. The highest BCUT2D eigenvalue weighted by Gasteiger charge is 2.20. The maximum absolute atomic E-state index is 11.3. The van der Waals surface area contributed by atoms with Gasteiger partial charge in [0.25, 0.3) is 0 Å². The Balaban J connectivity index is 3.02. The average Bonchev–Trinajstić information content (AvgIpc) is 2.25. The van der Waals surface area contributed by atoms with Gasteiger partial charge in [-0.2, -0.15) is 0 Å². The van der Waals surface area contributed by atoms with E-state index in [0.717, 1.165) is 5.56 Å². The lowest BCUT2D eigenvalue weighted by Gasteiger charge is -2.22. The van der Waals surface area contributed by atoms with Gasteiger partial charge in [0.2, 0.25) is 10.0 Å². The van der Waals surface area contributed by atoms with Crippen molar-refractivity contribution >= 4 is 10.0 Å². The molecule has 0 aromatic heterocycles. The van der Waals surface area contributed by atoms with Crippen molar-refractivity contribution < 1.29 is 8.42 Å². The van der Waals surface area contributed by atoms with E-state index >= 15 is 0 Å². The van der Waals surface area contributed by atoms with Crippen LogP contribution in [0.15, 0.2) is 43.0 Å². The first kappa shape index (κ1) is 12.9. The van der Waals surface area contributed by atoms with Crippen LogP contribution in [0.5, 0.6) is 0 Å². The second kappa shape index (κ2) is 5.27. The number of hydrogen-bond acceptors (Lipinski definition) is 2. The lowest BCUT2D eigenvalue weighted by molar-refractivity contribution is 0.501. The van der Waals surface area contributed by atoms with Crippen molar-refractivity contribution in [2.75, 3.05) is 6.26 Å². The van der Waals surface area contributed by atoms with E-state index in [1.165, 1.54) is 6.26 Å². The van der Waals surface area contributed by atoms with Crippen LogP contribution in [-0.4, -0.2) is 14.7 Å². The van der Waals surface area contributed by atoms with Gasteiger partial charge >= 0.3 is 0 Å². The number of hydrogen-bond donors (Lipinski definition) is 1. The maximum atomic E-state index is 11.3. The Morgan fingerprint density at radius 3 is 2.31 bits per heavy atom. The zero-order chi connectivity index (χ0) is 12.2. The highest BCUT2D eigenvalue weighted by Crippen LogP contribution is 2.23. The Kier molecular flexibility index (Phi) is 4.26. The van der Waals surface area contributed by atoms with Crippen LogP contribution in [0.4, 0.5) is 0 Å². The number of sulfonamides is 1. The molecule has 0 saturated carbocycles. The van der Waals surface area contributed by atoms with Crippen LogP contribution in [0.25, 0.3) is 0 Å². The quantitative estimate of drug-likeness (QED) is 0.800. The highest BCUT2D eigenvalue weighted by atomic mass is 32.2. The van der Waals surface area contributed by atoms with Crippen molar-refractivity contribution in [3.63, 3.8) is 0 Å². The van der Waals surface area contributed by atoms with Gasteiger partial charge in [0.15, 0.2) is 0 Å². The fraction of sp³-hybridized carbons (Fsp3) is 0.333. The first-order valence-electron chi connectivity index (χ1n) is 5.09. The Bertz CT molecular complexity index is 439. The Morgan fingerprint density at radius 1 is 1.31 bits per heavy atom. The van der Waals surface area contributed by atoms with E-state index in [4.69, 9.17) is 0 Å². The molecule has 4 heteroatoms. The summed E-state index contributed by atoms with van der Waals surface area (Å²) in [6, 6.07) is 9.24. The molecule has 0 bridgehead atoms.